The maximum absolute atomic E-state index is 14.0. The number of benzene rings is 2. The van der Waals surface area contributed by atoms with Crippen LogP contribution in [0.15, 0.2) is 36.4 Å². The average molecular weight is 644 g/mol. The molecule has 0 aliphatic carbocycles. The van der Waals surface area contributed by atoms with Crippen LogP contribution >= 0.6 is 0 Å². The second-order valence-electron chi connectivity index (χ2n) is 13.8. The highest BCUT2D eigenvalue weighted by Gasteiger charge is 2.36. The summed E-state index contributed by atoms with van der Waals surface area (Å²) in [5.74, 6) is 0.135. The number of ether oxygens (including phenoxy) is 1. The predicted molar refractivity (Wildman–Crippen MR) is 185 cm³/mol. The van der Waals surface area contributed by atoms with E-state index in [9.17, 15) is 19.5 Å². The Kier molecular flexibility index (Phi) is 10.6. The Morgan fingerprint density at radius 2 is 1.62 bits per heavy atom. The van der Waals surface area contributed by atoms with Gasteiger partial charge in [0.2, 0.25) is 0 Å². The molecule has 10 nitrogen and oxygen atoms in total. The Hall–Kier alpha value is -3.73. The minimum Gasteiger partial charge on any atom is -0.508 e. The second kappa shape index (κ2) is 15.0. The monoisotopic (exact) mass is 643 g/mol. The van der Waals surface area contributed by atoms with Crippen LogP contribution in [0.4, 0.5) is 15.3 Å². The summed E-state index contributed by atoms with van der Waals surface area (Å²) < 4.78 is 6.09. The number of hydrogen-bond donors (Lipinski definition) is 2. The molecule has 0 aromatic heterocycles. The van der Waals surface area contributed by atoms with Gasteiger partial charge in [0.05, 0.1) is 0 Å². The highest BCUT2D eigenvalue weighted by molar-refractivity contribution is 6.53. The first-order chi connectivity index (χ1) is 22.8. The van der Waals surface area contributed by atoms with E-state index in [1.54, 1.807) is 4.90 Å². The molecule has 0 bridgehead atoms. The maximum atomic E-state index is 14.0. The zero-order valence-electron chi connectivity index (χ0n) is 28.1. The van der Waals surface area contributed by atoms with Crippen LogP contribution in [0.3, 0.4) is 0 Å². The minimum atomic E-state index is -0.949. The van der Waals surface area contributed by atoms with Crippen LogP contribution in [0.2, 0.25) is 6.82 Å². The van der Waals surface area contributed by atoms with Crippen molar-refractivity contribution in [1.29, 1.82) is 0 Å². The fourth-order valence-corrected chi connectivity index (χ4v) is 7.95. The lowest BCUT2D eigenvalue weighted by Gasteiger charge is -2.41. The van der Waals surface area contributed by atoms with E-state index in [4.69, 9.17) is 4.74 Å². The molecule has 4 aliphatic rings. The molecule has 3 saturated heterocycles. The molecule has 0 unspecified atom stereocenters. The van der Waals surface area contributed by atoms with Crippen LogP contribution in [-0.2, 0) is 22.4 Å². The third-order valence-electron chi connectivity index (χ3n) is 10.7. The number of hydrogen-bond acceptors (Lipinski definition) is 6. The van der Waals surface area contributed by atoms with Gasteiger partial charge in [-0.15, -0.1) is 0 Å². The average Bonchev–Trinajstić information content (AvgIpc) is 3.27. The van der Waals surface area contributed by atoms with E-state index in [2.05, 4.69) is 16.3 Å². The Morgan fingerprint density at radius 1 is 0.936 bits per heavy atom. The number of carbonyl (C=O) groups is 3. The van der Waals surface area contributed by atoms with Gasteiger partial charge >= 0.3 is 12.1 Å². The zero-order valence-corrected chi connectivity index (χ0v) is 28.1. The van der Waals surface area contributed by atoms with Gasteiger partial charge < -0.3 is 34.8 Å². The number of fused-ring (bicyclic) bond motifs is 1. The SMILES string of the molecule is CBc1cc(C[C@@H](OC(=O)N2CCC(N3CCc4ccccc4NC3=O)CC2)C(=O)N2CCC(N3CCCCC3)CC2)cc(C)c1O. The van der Waals surface area contributed by atoms with E-state index in [1.807, 2.05) is 53.9 Å². The van der Waals surface area contributed by atoms with Crippen LogP contribution in [0, 0.1) is 6.92 Å². The molecule has 2 N–H and O–H groups in total. The van der Waals surface area contributed by atoms with Crippen molar-refractivity contribution in [2.24, 2.45) is 0 Å². The second-order valence-corrected chi connectivity index (χ2v) is 13.8. The van der Waals surface area contributed by atoms with Crippen LogP contribution < -0.4 is 10.8 Å². The number of amides is 4. The summed E-state index contributed by atoms with van der Waals surface area (Å²) in [6, 6.07) is 12.2. The quantitative estimate of drug-likeness (QED) is 0.444. The third kappa shape index (κ3) is 7.72. The molecule has 2 aromatic rings. The molecule has 3 fully saturated rings. The maximum Gasteiger partial charge on any atom is 0.410 e. The number of nitrogens with zero attached hydrogens (tertiary/aromatic N) is 4. The van der Waals surface area contributed by atoms with Crippen LogP contribution in [0.1, 0.15) is 61.6 Å². The zero-order chi connectivity index (χ0) is 32.9. The first-order valence-corrected chi connectivity index (χ1v) is 17.8. The van der Waals surface area contributed by atoms with Crippen molar-refractivity contribution in [3.63, 3.8) is 0 Å². The molecule has 47 heavy (non-hydrogen) atoms. The van der Waals surface area contributed by atoms with Gasteiger partial charge in [-0.05, 0) is 93.2 Å². The van der Waals surface area contributed by atoms with Gasteiger partial charge in [0.25, 0.3) is 5.91 Å². The number of urea groups is 1. The lowest BCUT2D eigenvalue weighted by Crippen LogP contribution is -2.53. The van der Waals surface area contributed by atoms with Gasteiger partial charge in [-0.25, -0.2) is 9.59 Å². The Bertz CT molecular complexity index is 1430. The third-order valence-corrected chi connectivity index (χ3v) is 10.7. The number of aromatic hydroxyl groups is 1. The summed E-state index contributed by atoms with van der Waals surface area (Å²) in [4.78, 5) is 48.8. The molecular formula is C36H50BN5O5. The number of phenolic OH excluding ortho intramolecular Hbond substituents is 1. The molecule has 252 valence electrons. The molecule has 0 radical (unpaired) electrons. The van der Waals surface area contributed by atoms with Crippen LogP contribution in [0.25, 0.3) is 0 Å². The van der Waals surface area contributed by atoms with Crippen LogP contribution in [-0.4, -0.2) is 114 Å². The van der Waals surface area contributed by atoms with Crippen molar-refractivity contribution in [1.82, 2.24) is 19.6 Å². The summed E-state index contributed by atoms with van der Waals surface area (Å²) in [5, 5.41) is 13.6. The largest absolute Gasteiger partial charge is 0.508 e. The Morgan fingerprint density at radius 3 is 2.34 bits per heavy atom. The van der Waals surface area contributed by atoms with Crippen molar-refractivity contribution < 1.29 is 24.2 Å². The topological polar surface area (TPSA) is 106 Å². The summed E-state index contributed by atoms with van der Waals surface area (Å²) >= 11 is 0. The van der Waals surface area contributed by atoms with Gasteiger partial charge in [-0.2, -0.15) is 0 Å². The first-order valence-electron chi connectivity index (χ1n) is 17.8. The normalized spacial score (nSPS) is 20.6. The number of phenols is 1. The van der Waals surface area contributed by atoms with Crippen LogP contribution in [0.5, 0.6) is 5.75 Å². The van der Waals surface area contributed by atoms with E-state index in [1.165, 1.54) is 19.3 Å². The molecule has 0 saturated carbocycles. The van der Waals surface area contributed by atoms with E-state index in [-0.39, 0.29) is 30.2 Å². The lowest BCUT2D eigenvalue weighted by molar-refractivity contribution is -0.142. The molecule has 4 heterocycles. The van der Waals surface area contributed by atoms with Gasteiger partial charge in [-0.3, -0.25) is 4.79 Å². The summed E-state index contributed by atoms with van der Waals surface area (Å²) in [6.45, 7) is 9.02. The molecule has 4 amide bonds. The Balaban J connectivity index is 1.10. The number of nitrogens with one attached hydrogen (secondary N) is 1. The fourth-order valence-electron chi connectivity index (χ4n) is 7.95. The molecule has 6 rings (SSSR count). The molecule has 4 aliphatic heterocycles. The number of piperidine rings is 3. The van der Waals surface area contributed by atoms with E-state index >= 15 is 0 Å². The van der Waals surface area contributed by atoms with Crippen molar-refractivity contribution in [2.45, 2.75) is 89.7 Å². The van der Waals surface area contributed by atoms with Crippen molar-refractivity contribution in [3.8, 4) is 5.75 Å². The minimum absolute atomic E-state index is 0.0272. The van der Waals surface area contributed by atoms with Gasteiger partial charge in [-0.1, -0.05) is 43.6 Å². The standard InChI is InChI=1S/C36H50BN5O5/c1-25-22-26(23-30(37-2)33(25)43)24-32(34(44)40-17-11-28(12-18-40)39-15-6-3-7-16-39)47-36(46)41-19-13-29(14-20-41)42-21-10-27-8-4-5-9-31(27)38-35(42)45/h4-5,8-9,22-23,28-29,32,37,43H,3,6-7,10-21,24H2,1-2H3,(H,38,45)/t32-/m1/s1. The molecular weight excluding hydrogens is 593 g/mol. The van der Waals surface area contributed by atoms with Gasteiger partial charge in [0.15, 0.2) is 13.4 Å². The Labute approximate surface area is 279 Å². The number of carbonyl (C=O) groups excluding carboxylic acids is 3. The first kappa shape index (κ1) is 33.2. The summed E-state index contributed by atoms with van der Waals surface area (Å²) in [6.07, 6.45) is 6.59. The number of rotatable bonds is 7. The van der Waals surface area contributed by atoms with Crippen molar-refractivity contribution >= 4 is 36.5 Å². The number of para-hydroxylation sites is 1. The van der Waals surface area contributed by atoms with Gasteiger partial charge in [0.1, 0.15) is 5.75 Å². The molecule has 11 heteroatoms. The lowest BCUT2D eigenvalue weighted by atomic mass is 9.71. The number of aryl methyl sites for hydroxylation is 1. The van der Waals surface area contributed by atoms with Crippen molar-refractivity contribution in [2.75, 3.05) is 51.1 Å². The highest BCUT2D eigenvalue weighted by Crippen LogP contribution is 2.26. The molecule has 0 spiro atoms. The smallest absolute Gasteiger partial charge is 0.410 e. The van der Waals surface area contributed by atoms with Crippen molar-refractivity contribution in [3.05, 3.63) is 53.1 Å². The van der Waals surface area contributed by atoms with E-state index in [0.717, 1.165) is 60.2 Å². The summed E-state index contributed by atoms with van der Waals surface area (Å²) in [5.41, 5.74) is 4.44. The predicted octanol–water partition coefficient (Wildman–Crippen LogP) is 3.89. The number of likely N-dealkylation sites (tertiary alicyclic amines) is 3. The number of anilines is 1. The highest BCUT2D eigenvalue weighted by atomic mass is 16.6. The van der Waals surface area contributed by atoms with E-state index in [0.29, 0.717) is 58.9 Å². The molecule has 1 atom stereocenters. The molecule has 2 aromatic carbocycles. The fraction of sp³-hybridized carbons (Fsp3) is 0.583. The van der Waals surface area contributed by atoms with E-state index < -0.39 is 12.2 Å². The summed E-state index contributed by atoms with van der Waals surface area (Å²) in [7, 11) is 0.666. The van der Waals surface area contributed by atoms with Gasteiger partial charge in [0, 0.05) is 56.9 Å².